The first-order chi connectivity index (χ1) is 18.5. The molecule has 3 heterocycles. The van der Waals surface area contributed by atoms with Gasteiger partial charge in [-0.05, 0) is 69.9 Å². The van der Waals surface area contributed by atoms with Crippen LogP contribution in [0, 0.1) is 6.92 Å². The van der Waals surface area contributed by atoms with Crippen LogP contribution < -0.4 is 16.4 Å². The van der Waals surface area contributed by atoms with Crippen molar-refractivity contribution in [3.63, 3.8) is 0 Å². The number of hydrogen-bond donors (Lipinski definition) is 3. The van der Waals surface area contributed by atoms with E-state index in [0.29, 0.717) is 24.1 Å². The Balaban J connectivity index is 1.20. The zero-order valence-corrected chi connectivity index (χ0v) is 22.4. The monoisotopic (exact) mass is 516 g/mol. The standard InChI is InChI=1S/C29H40N8O/c1-19-6-2-5-9-24(19)28(38)36-16-14-22(15-17-36)32-26-25-27(37(18-31-25)23-7-3-4-8-23)35-29(34-26)33-21-12-10-20(30)11-13-21/h2,5-6,9,18,20-23H,3-4,7-8,10-17,30H2,1H3,(H2,32,33,34,35)/t20-,21-. The lowest BCUT2D eigenvalue weighted by molar-refractivity contribution is 0.0717. The molecule has 0 bridgehead atoms. The number of imidazole rings is 1. The minimum absolute atomic E-state index is 0.125. The molecule has 9 heteroatoms. The van der Waals surface area contributed by atoms with Gasteiger partial charge in [0.2, 0.25) is 5.95 Å². The Hall–Kier alpha value is -3.20. The lowest BCUT2D eigenvalue weighted by atomic mass is 9.92. The summed E-state index contributed by atoms with van der Waals surface area (Å²) in [7, 11) is 0. The Labute approximate surface area is 224 Å². The van der Waals surface area contributed by atoms with Gasteiger partial charge in [-0.3, -0.25) is 4.79 Å². The van der Waals surface area contributed by atoms with Crippen molar-refractivity contribution in [1.29, 1.82) is 0 Å². The highest BCUT2D eigenvalue weighted by Crippen LogP contribution is 2.34. The summed E-state index contributed by atoms with van der Waals surface area (Å²) in [6, 6.07) is 9.18. The number of rotatable bonds is 6. The Morgan fingerprint density at radius 2 is 1.63 bits per heavy atom. The third-order valence-corrected chi connectivity index (χ3v) is 8.74. The Morgan fingerprint density at radius 3 is 2.37 bits per heavy atom. The van der Waals surface area contributed by atoms with Gasteiger partial charge in [-0.15, -0.1) is 0 Å². The summed E-state index contributed by atoms with van der Waals surface area (Å²) >= 11 is 0. The number of piperidine rings is 1. The zero-order chi connectivity index (χ0) is 26.1. The second kappa shape index (κ2) is 10.9. The molecule has 0 radical (unpaired) electrons. The van der Waals surface area contributed by atoms with Crippen LogP contribution in [0.1, 0.15) is 86.2 Å². The topological polar surface area (TPSA) is 114 Å². The normalized spacial score (nSPS) is 23.2. The van der Waals surface area contributed by atoms with E-state index in [4.69, 9.17) is 20.7 Å². The second-order valence-electron chi connectivity index (χ2n) is 11.4. The van der Waals surface area contributed by atoms with Crippen LogP contribution >= 0.6 is 0 Å². The average Bonchev–Trinajstić information content (AvgIpc) is 3.61. The van der Waals surface area contributed by atoms with Crippen LogP contribution in [-0.2, 0) is 0 Å². The van der Waals surface area contributed by atoms with E-state index in [9.17, 15) is 4.79 Å². The molecule has 2 aliphatic carbocycles. The van der Waals surface area contributed by atoms with E-state index in [0.717, 1.165) is 79.7 Å². The van der Waals surface area contributed by atoms with Gasteiger partial charge in [-0.25, -0.2) is 4.98 Å². The van der Waals surface area contributed by atoms with E-state index in [1.54, 1.807) is 0 Å². The van der Waals surface area contributed by atoms with Crippen LogP contribution in [0.3, 0.4) is 0 Å². The molecule has 0 unspecified atom stereocenters. The Kier molecular flexibility index (Phi) is 7.19. The van der Waals surface area contributed by atoms with Gasteiger partial charge in [0, 0.05) is 42.8 Å². The number of likely N-dealkylation sites (tertiary alicyclic amines) is 1. The highest BCUT2D eigenvalue weighted by Gasteiger charge is 2.27. The van der Waals surface area contributed by atoms with Gasteiger partial charge in [-0.2, -0.15) is 9.97 Å². The molecule has 9 nitrogen and oxygen atoms in total. The minimum atomic E-state index is 0.125. The molecule has 2 saturated carbocycles. The van der Waals surface area contributed by atoms with Crippen molar-refractivity contribution in [1.82, 2.24) is 24.4 Å². The zero-order valence-electron chi connectivity index (χ0n) is 22.4. The molecular formula is C29H40N8O. The van der Waals surface area contributed by atoms with Crippen LogP contribution in [0.25, 0.3) is 11.2 Å². The van der Waals surface area contributed by atoms with Crippen LogP contribution in [0.2, 0.25) is 0 Å². The van der Waals surface area contributed by atoms with E-state index in [1.165, 1.54) is 25.7 Å². The number of carbonyl (C=O) groups excluding carboxylic acids is 1. The quantitative estimate of drug-likeness (QED) is 0.437. The highest BCUT2D eigenvalue weighted by molar-refractivity contribution is 5.95. The summed E-state index contributed by atoms with van der Waals surface area (Å²) in [5, 5.41) is 7.31. The van der Waals surface area contributed by atoms with Crippen molar-refractivity contribution in [2.75, 3.05) is 23.7 Å². The van der Waals surface area contributed by atoms with Gasteiger partial charge in [0.05, 0.1) is 6.33 Å². The van der Waals surface area contributed by atoms with Crippen molar-refractivity contribution in [2.45, 2.75) is 95.3 Å². The van der Waals surface area contributed by atoms with Gasteiger partial charge in [0.1, 0.15) is 0 Å². The van der Waals surface area contributed by atoms with Crippen molar-refractivity contribution < 1.29 is 4.79 Å². The minimum Gasteiger partial charge on any atom is -0.365 e. The first-order valence-electron chi connectivity index (χ1n) is 14.4. The summed E-state index contributed by atoms with van der Waals surface area (Å²) < 4.78 is 2.26. The van der Waals surface area contributed by atoms with Crippen LogP contribution in [0.5, 0.6) is 0 Å². The third kappa shape index (κ3) is 5.21. The maximum absolute atomic E-state index is 13.1. The Bertz CT molecular complexity index is 1270. The van der Waals surface area contributed by atoms with Crippen molar-refractivity contribution in [2.24, 2.45) is 5.73 Å². The summed E-state index contributed by atoms with van der Waals surface area (Å²) in [4.78, 5) is 29.8. The highest BCUT2D eigenvalue weighted by atomic mass is 16.2. The average molecular weight is 517 g/mol. The Morgan fingerprint density at radius 1 is 0.921 bits per heavy atom. The lowest BCUT2D eigenvalue weighted by Crippen LogP contribution is -2.42. The molecule has 6 rings (SSSR count). The number of nitrogens with zero attached hydrogens (tertiary/aromatic N) is 5. The third-order valence-electron chi connectivity index (χ3n) is 8.74. The number of benzene rings is 1. The van der Waals surface area contributed by atoms with Crippen molar-refractivity contribution in [3.8, 4) is 0 Å². The number of carbonyl (C=O) groups is 1. The molecule has 1 aliphatic heterocycles. The number of aromatic nitrogens is 4. The molecular weight excluding hydrogens is 476 g/mol. The van der Waals surface area contributed by atoms with Gasteiger partial charge in [0.25, 0.3) is 5.91 Å². The SMILES string of the molecule is Cc1ccccc1C(=O)N1CCC(Nc2nc(N[C@H]3CC[C@H](N)CC3)nc3c2ncn3C2CCCC2)CC1. The molecule has 0 atom stereocenters. The number of nitrogens with one attached hydrogen (secondary N) is 2. The van der Waals surface area contributed by atoms with Gasteiger partial charge >= 0.3 is 0 Å². The van der Waals surface area contributed by atoms with Crippen LogP contribution in [0.4, 0.5) is 11.8 Å². The molecule has 4 N–H and O–H groups in total. The van der Waals surface area contributed by atoms with E-state index in [1.807, 2.05) is 42.4 Å². The number of fused-ring (bicyclic) bond motifs is 1. The molecule has 3 fully saturated rings. The molecule has 1 aromatic carbocycles. The molecule has 3 aromatic rings. The molecule has 0 spiro atoms. The van der Waals surface area contributed by atoms with E-state index >= 15 is 0 Å². The predicted octanol–water partition coefficient (Wildman–Crippen LogP) is 4.65. The van der Waals surface area contributed by atoms with Gasteiger partial charge < -0.3 is 25.8 Å². The summed E-state index contributed by atoms with van der Waals surface area (Å²) in [6.07, 6.45) is 12.7. The first-order valence-corrected chi connectivity index (χ1v) is 14.4. The van der Waals surface area contributed by atoms with E-state index < -0.39 is 0 Å². The summed E-state index contributed by atoms with van der Waals surface area (Å²) in [6.45, 7) is 3.45. The van der Waals surface area contributed by atoms with Crippen LogP contribution in [-0.4, -0.2) is 61.5 Å². The maximum atomic E-state index is 13.1. The summed E-state index contributed by atoms with van der Waals surface area (Å²) in [5.41, 5.74) is 9.71. The fraction of sp³-hybridized carbons (Fsp3) is 0.586. The maximum Gasteiger partial charge on any atom is 0.254 e. The molecule has 3 aliphatic rings. The molecule has 202 valence electrons. The van der Waals surface area contributed by atoms with Crippen LogP contribution in [0.15, 0.2) is 30.6 Å². The number of hydrogen-bond acceptors (Lipinski definition) is 7. The van der Waals surface area contributed by atoms with Gasteiger partial charge in [0.15, 0.2) is 17.0 Å². The molecule has 1 saturated heterocycles. The number of aryl methyl sites for hydroxylation is 1. The number of anilines is 2. The van der Waals surface area contributed by atoms with E-state index in [-0.39, 0.29) is 11.9 Å². The second-order valence-corrected chi connectivity index (χ2v) is 11.4. The molecule has 38 heavy (non-hydrogen) atoms. The number of nitrogens with two attached hydrogens (primary N) is 1. The fourth-order valence-electron chi connectivity index (χ4n) is 6.38. The van der Waals surface area contributed by atoms with Gasteiger partial charge in [-0.1, -0.05) is 31.0 Å². The molecule has 2 aromatic heterocycles. The predicted molar refractivity (Wildman–Crippen MR) is 150 cm³/mol. The summed E-state index contributed by atoms with van der Waals surface area (Å²) in [5.74, 6) is 1.60. The van der Waals surface area contributed by atoms with Crippen molar-refractivity contribution >= 4 is 28.8 Å². The smallest absolute Gasteiger partial charge is 0.254 e. The number of amides is 1. The lowest BCUT2D eigenvalue weighted by Gasteiger charge is -2.33. The van der Waals surface area contributed by atoms with E-state index in [2.05, 4.69) is 15.2 Å². The molecule has 1 amide bonds. The fourth-order valence-corrected chi connectivity index (χ4v) is 6.38. The first kappa shape index (κ1) is 25.1. The van der Waals surface area contributed by atoms with Crippen molar-refractivity contribution in [3.05, 3.63) is 41.7 Å². The largest absolute Gasteiger partial charge is 0.365 e.